The lowest BCUT2D eigenvalue weighted by Crippen LogP contribution is -2.40. The summed E-state index contributed by atoms with van der Waals surface area (Å²) in [5.41, 5.74) is -0.706. The molecule has 0 bridgehead atoms. The normalized spacial score (nSPS) is 20.5. The zero-order chi connectivity index (χ0) is 18.4. The lowest BCUT2D eigenvalue weighted by atomic mass is 9.92. The highest BCUT2D eigenvalue weighted by Crippen LogP contribution is 2.33. The molecule has 7 nitrogen and oxygen atoms in total. The first kappa shape index (κ1) is 17.7. The van der Waals surface area contributed by atoms with Gasteiger partial charge in [0, 0.05) is 5.92 Å². The second-order valence-electron chi connectivity index (χ2n) is 6.28. The van der Waals surface area contributed by atoms with Crippen molar-refractivity contribution in [1.82, 2.24) is 20.4 Å². The molecule has 1 aliphatic heterocycles. The molecular formula is C16H16Cl2N4O3. The largest absolute Gasteiger partial charge is 0.337 e. The fourth-order valence-corrected chi connectivity index (χ4v) is 2.84. The van der Waals surface area contributed by atoms with E-state index in [4.69, 9.17) is 27.7 Å². The summed E-state index contributed by atoms with van der Waals surface area (Å²) in [6.07, 6.45) is 0. The topological polar surface area (TPSA) is 88.3 Å². The lowest BCUT2D eigenvalue weighted by Gasteiger charge is -2.22. The summed E-state index contributed by atoms with van der Waals surface area (Å²) in [5.74, 6) is 0.377. The number of rotatable bonds is 4. The predicted molar refractivity (Wildman–Crippen MR) is 91.3 cm³/mol. The van der Waals surface area contributed by atoms with Crippen LogP contribution in [0.3, 0.4) is 0 Å². The Bertz CT molecular complexity index is 852. The molecule has 0 spiro atoms. The quantitative estimate of drug-likeness (QED) is 0.817. The third-order valence-electron chi connectivity index (χ3n) is 4.07. The number of carbonyl (C=O) groups excluding carboxylic acids is 2. The molecule has 3 rings (SSSR count). The van der Waals surface area contributed by atoms with Crippen molar-refractivity contribution in [3.8, 4) is 0 Å². The molecule has 0 radical (unpaired) electrons. The van der Waals surface area contributed by atoms with E-state index in [1.807, 2.05) is 13.8 Å². The molecule has 2 heterocycles. The summed E-state index contributed by atoms with van der Waals surface area (Å²) < 4.78 is 5.12. The number of nitrogens with zero attached hydrogens (tertiary/aromatic N) is 3. The van der Waals surface area contributed by atoms with Gasteiger partial charge < -0.3 is 9.84 Å². The van der Waals surface area contributed by atoms with Crippen molar-refractivity contribution >= 4 is 35.1 Å². The average Bonchev–Trinajstić information content (AvgIpc) is 3.10. The van der Waals surface area contributed by atoms with Crippen LogP contribution in [0.15, 0.2) is 22.7 Å². The van der Waals surface area contributed by atoms with Gasteiger partial charge in [0.05, 0.1) is 10.0 Å². The first-order valence-corrected chi connectivity index (χ1v) is 8.40. The fourth-order valence-electron chi connectivity index (χ4n) is 2.55. The Hall–Kier alpha value is -2.12. The van der Waals surface area contributed by atoms with Gasteiger partial charge in [0.15, 0.2) is 5.82 Å². The van der Waals surface area contributed by atoms with Crippen LogP contribution < -0.4 is 5.32 Å². The van der Waals surface area contributed by atoms with Crippen LogP contribution in [0.4, 0.5) is 4.79 Å². The Morgan fingerprint density at radius 2 is 2.00 bits per heavy atom. The van der Waals surface area contributed by atoms with E-state index in [1.54, 1.807) is 25.1 Å². The summed E-state index contributed by atoms with van der Waals surface area (Å²) in [6, 6.07) is 4.26. The molecule has 132 valence electrons. The molecule has 1 saturated heterocycles. The number of hydrogen-bond acceptors (Lipinski definition) is 5. The van der Waals surface area contributed by atoms with E-state index in [0.29, 0.717) is 21.4 Å². The van der Waals surface area contributed by atoms with Gasteiger partial charge in [-0.1, -0.05) is 48.3 Å². The van der Waals surface area contributed by atoms with E-state index >= 15 is 0 Å². The minimum atomic E-state index is -1.24. The minimum absolute atomic E-state index is 0.0853. The smallest absolute Gasteiger partial charge is 0.325 e. The van der Waals surface area contributed by atoms with Gasteiger partial charge in [-0.15, -0.1) is 0 Å². The molecule has 2 aromatic rings. The van der Waals surface area contributed by atoms with Gasteiger partial charge in [0.25, 0.3) is 5.91 Å². The lowest BCUT2D eigenvalue weighted by molar-refractivity contribution is -0.131. The van der Waals surface area contributed by atoms with Gasteiger partial charge in [-0.2, -0.15) is 4.98 Å². The van der Waals surface area contributed by atoms with Gasteiger partial charge >= 0.3 is 6.03 Å². The van der Waals surface area contributed by atoms with Crippen molar-refractivity contribution in [2.45, 2.75) is 38.8 Å². The second-order valence-corrected chi connectivity index (χ2v) is 7.09. The number of imide groups is 1. The number of amides is 3. The number of nitrogens with one attached hydrogen (secondary N) is 1. The van der Waals surface area contributed by atoms with Gasteiger partial charge in [-0.25, -0.2) is 4.79 Å². The van der Waals surface area contributed by atoms with Crippen molar-refractivity contribution in [2.75, 3.05) is 0 Å². The highest BCUT2D eigenvalue weighted by molar-refractivity contribution is 6.42. The standard InChI is InChI=1S/C16H16Cl2N4O3/c1-8(2)13-19-12(25-21-13)7-22-14(23)16(3,20-15(22)24)9-4-5-10(17)11(18)6-9/h4-6,8H,7H2,1-3H3,(H,20,24). The predicted octanol–water partition coefficient (Wildman–Crippen LogP) is 3.47. The summed E-state index contributed by atoms with van der Waals surface area (Å²) in [4.78, 5) is 30.4. The van der Waals surface area contributed by atoms with Crippen LogP contribution in [0.2, 0.25) is 10.0 Å². The van der Waals surface area contributed by atoms with E-state index in [1.165, 1.54) is 0 Å². The molecule has 1 aliphatic rings. The summed E-state index contributed by atoms with van der Waals surface area (Å²) in [5, 5.41) is 7.20. The number of carbonyl (C=O) groups is 2. The maximum atomic E-state index is 12.9. The van der Waals surface area contributed by atoms with Crippen molar-refractivity contribution in [3.63, 3.8) is 0 Å². The average molecular weight is 383 g/mol. The minimum Gasteiger partial charge on any atom is -0.337 e. The van der Waals surface area contributed by atoms with Gasteiger partial charge in [-0.3, -0.25) is 9.69 Å². The molecule has 0 saturated carbocycles. The first-order chi connectivity index (χ1) is 11.7. The first-order valence-electron chi connectivity index (χ1n) is 7.64. The Kier molecular flexibility index (Phi) is 4.47. The third-order valence-corrected chi connectivity index (χ3v) is 4.80. The molecule has 3 amide bonds. The van der Waals surface area contributed by atoms with Crippen LogP contribution in [0, 0.1) is 0 Å². The zero-order valence-electron chi connectivity index (χ0n) is 13.8. The molecule has 1 N–H and O–H groups in total. The fraction of sp³-hybridized carbons (Fsp3) is 0.375. The Morgan fingerprint density at radius 3 is 2.60 bits per heavy atom. The van der Waals surface area contributed by atoms with E-state index < -0.39 is 17.5 Å². The van der Waals surface area contributed by atoms with E-state index in [2.05, 4.69) is 15.5 Å². The SMILES string of the molecule is CC(C)c1noc(CN2C(=O)NC(C)(c3ccc(Cl)c(Cl)c3)C2=O)n1. The van der Waals surface area contributed by atoms with Crippen LogP contribution in [-0.4, -0.2) is 27.0 Å². The maximum absolute atomic E-state index is 12.9. The zero-order valence-corrected chi connectivity index (χ0v) is 15.4. The van der Waals surface area contributed by atoms with Crippen LogP contribution in [0.1, 0.15) is 44.0 Å². The van der Waals surface area contributed by atoms with Gasteiger partial charge in [0.2, 0.25) is 5.89 Å². The molecule has 1 aromatic heterocycles. The van der Waals surface area contributed by atoms with Gasteiger partial charge in [0.1, 0.15) is 12.1 Å². The third kappa shape index (κ3) is 3.09. The Balaban J connectivity index is 1.87. The van der Waals surface area contributed by atoms with Crippen molar-refractivity contribution in [1.29, 1.82) is 0 Å². The molecule has 1 unspecified atom stereocenters. The number of urea groups is 1. The monoisotopic (exact) mass is 382 g/mol. The molecule has 25 heavy (non-hydrogen) atoms. The van der Waals surface area contributed by atoms with Crippen LogP contribution in [0.25, 0.3) is 0 Å². The highest BCUT2D eigenvalue weighted by atomic mass is 35.5. The maximum Gasteiger partial charge on any atom is 0.325 e. The van der Waals surface area contributed by atoms with Crippen LogP contribution >= 0.6 is 23.2 Å². The van der Waals surface area contributed by atoms with Crippen molar-refractivity contribution < 1.29 is 14.1 Å². The van der Waals surface area contributed by atoms with Crippen molar-refractivity contribution in [2.24, 2.45) is 0 Å². The number of benzene rings is 1. The molecule has 1 aromatic carbocycles. The molecule has 0 aliphatic carbocycles. The summed E-state index contributed by atoms with van der Waals surface area (Å²) in [6.45, 7) is 5.36. The highest BCUT2D eigenvalue weighted by Gasteiger charge is 2.49. The van der Waals surface area contributed by atoms with Crippen molar-refractivity contribution in [3.05, 3.63) is 45.5 Å². The number of aromatic nitrogens is 2. The molecular weight excluding hydrogens is 367 g/mol. The molecule has 1 atom stereocenters. The molecule has 1 fully saturated rings. The van der Waals surface area contributed by atoms with Crippen LogP contribution in [0.5, 0.6) is 0 Å². The van der Waals surface area contributed by atoms with E-state index in [-0.39, 0.29) is 18.4 Å². The van der Waals surface area contributed by atoms with Crippen LogP contribution in [-0.2, 0) is 16.9 Å². The second kappa shape index (κ2) is 6.31. The number of hydrogen-bond donors (Lipinski definition) is 1. The Morgan fingerprint density at radius 1 is 1.28 bits per heavy atom. The summed E-state index contributed by atoms with van der Waals surface area (Å²) >= 11 is 12.0. The molecule has 9 heteroatoms. The van der Waals surface area contributed by atoms with E-state index in [9.17, 15) is 9.59 Å². The van der Waals surface area contributed by atoms with Gasteiger partial charge in [-0.05, 0) is 24.6 Å². The Labute approximate surface area is 154 Å². The number of halogens is 2. The summed E-state index contributed by atoms with van der Waals surface area (Å²) in [7, 11) is 0. The van der Waals surface area contributed by atoms with E-state index in [0.717, 1.165) is 4.90 Å².